The Labute approximate surface area is 144 Å². The van der Waals surface area contributed by atoms with Crippen molar-refractivity contribution in [1.82, 2.24) is 20.0 Å². The molecule has 1 fully saturated rings. The first-order chi connectivity index (χ1) is 11.2. The number of likely N-dealkylation sites (tertiary alicyclic amines) is 1. The fourth-order valence-corrected chi connectivity index (χ4v) is 3.42. The first-order valence-corrected chi connectivity index (χ1v) is 8.70. The van der Waals surface area contributed by atoms with E-state index in [1.165, 1.54) is 0 Å². The van der Waals surface area contributed by atoms with Crippen molar-refractivity contribution in [3.05, 3.63) is 51.2 Å². The monoisotopic (exact) mass is 390 g/mol. The summed E-state index contributed by atoms with van der Waals surface area (Å²) < 4.78 is 6.12. The summed E-state index contributed by atoms with van der Waals surface area (Å²) in [4.78, 5) is 22.5. The van der Waals surface area contributed by atoms with Gasteiger partial charge in [-0.05, 0) is 33.4 Å². The summed E-state index contributed by atoms with van der Waals surface area (Å²) in [5, 5.41) is 7.95. The van der Waals surface area contributed by atoms with Crippen LogP contribution < -0.4 is 0 Å². The van der Waals surface area contributed by atoms with Crippen molar-refractivity contribution in [2.75, 3.05) is 13.1 Å². The molecular weight excluding hydrogens is 380 g/mol. The van der Waals surface area contributed by atoms with Crippen LogP contribution in [0.4, 0.5) is 0 Å². The highest BCUT2D eigenvalue weighted by Crippen LogP contribution is 2.29. The van der Waals surface area contributed by atoms with Crippen LogP contribution in [-0.2, 0) is 0 Å². The Bertz CT molecular complexity index is 843. The van der Waals surface area contributed by atoms with Crippen LogP contribution in [0.1, 0.15) is 22.2 Å². The van der Waals surface area contributed by atoms with Gasteiger partial charge in [-0.15, -0.1) is 0 Å². The topological polar surface area (TPSA) is 72.1 Å². The maximum Gasteiger partial charge on any atom is 0.255 e. The number of pyridine rings is 1. The van der Waals surface area contributed by atoms with Crippen LogP contribution in [0.25, 0.3) is 11.4 Å². The molecule has 23 heavy (non-hydrogen) atoms. The van der Waals surface area contributed by atoms with E-state index in [4.69, 9.17) is 4.52 Å². The number of carbonyl (C=O) groups is 1. The van der Waals surface area contributed by atoms with E-state index in [0.29, 0.717) is 30.4 Å². The Morgan fingerprint density at radius 1 is 1.39 bits per heavy atom. The number of thiophene rings is 1. The summed E-state index contributed by atoms with van der Waals surface area (Å²) in [5.74, 6) is 1.25. The van der Waals surface area contributed by atoms with Crippen LogP contribution in [0.2, 0.25) is 0 Å². The molecule has 0 saturated carbocycles. The molecule has 8 heteroatoms. The van der Waals surface area contributed by atoms with Gasteiger partial charge in [0.1, 0.15) is 0 Å². The molecule has 116 valence electrons. The number of hydrogen-bond donors (Lipinski definition) is 0. The Hall–Kier alpha value is -2.06. The van der Waals surface area contributed by atoms with E-state index in [-0.39, 0.29) is 11.8 Å². The lowest BCUT2D eigenvalue weighted by Gasteiger charge is -2.37. The highest BCUT2D eigenvalue weighted by Gasteiger charge is 2.36. The molecule has 1 saturated heterocycles. The number of halogens is 1. The molecule has 4 rings (SSSR count). The van der Waals surface area contributed by atoms with Crippen LogP contribution in [-0.4, -0.2) is 39.0 Å². The minimum atomic E-state index is -0.0346. The minimum absolute atomic E-state index is 0.0346. The van der Waals surface area contributed by atoms with Crippen LogP contribution in [0.3, 0.4) is 0 Å². The van der Waals surface area contributed by atoms with Gasteiger partial charge in [-0.1, -0.05) is 5.16 Å². The van der Waals surface area contributed by atoms with E-state index in [0.717, 1.165) is 10.0 Å². The molecule has 1 amide bonds. The molecule has 3 aromatic heterocycles. The number of rotatable bonds is 3. The Morgan fingerprint density at radius 3 is 3.00 bits per heavy atom. The van der Waals surface area contributed by atoms with Gasteiger partial charge < -0.3 is 9.42 Å². The summed E-state index contributed by atoms with van der Waals surface area (Å²) in [7, 11) is 0. The third-order valence-electron chi connectivity index (χ3n) is 3.69. The second kappa shape index (κ2) is 5.86. The third-order valence-corrected chi connectivity index (χ3v) is 4.81. The van der Waals surface area contributed by atoms with Crippen LogP contribution in [0.15, 0.2) is 44.3 Å². The van der Waals surface area contributed by atoms with E-state index in [9.17, 15) is 4.79 Å². The predicted octanol–water partition coefficient (Wildman–Crippen LogP) is 3.20. The zero-order valence-electron chi connectivity index (χ0n) is 11.8. The van der Waals surface area contributed by atoms with Crippen molar-refractivity contribution >= 4 is 33.2 Å². The van der Waals surface area contributed by atoms with Gasteiger partial charge in [0.25, 0.3) is 5.91 Å². The SMILES string of the molecule is O=C(c1cncc(Br)c1)N1CC(c2nc(-c3ccsc3)no2)C1. The predicted molar refractivity (Wildman–Crippen MR) is 88.2 cm³/mol. The molecule has 4 heterocycles. The largest absolute Gasteiger partial charge is 0.339 e. The lowest BCUT2D eigenvalue weighted by Crippen LogP contribution is -2.48. The van der Waals surface area contributed by atoms with E-state index in [2.05, 4.69) is 31.1 Å². The van der Waals surface area contributed by atoms with Crippen molar-refractivity contribution in [3.8, 4) is 11.4 Å². The summed E-state index contributed by atoms with van der Waals surface area (Å²) in [5.41, 5.74) is 1.53. The van der Waals surface area contributed by atoms with Crippen molar-refractivity contribution < 1.29 is 9.32 Å². The summed E-state index contributed by atoms with van der Waals surface area (Å²) >= 11 is 4.91. The zero-order valence-corrected chi connectivity index (χ0v) is 14.2. The fraction of sp³-hybridized carbons (Fsp3) is 0.200. The van der Waals surface area contributed by atoms with Gasteiger partial charge in [-0.25, -0.2) is 0 Å². The second-order valence-electron chi connectivity index (χ2n) is 5.27. The second-order valence-corrected chi connectivity index (χ2v) is 6.96. The number of carbonyl (C=O) groups excluding carboxylic acids is 1. The van der Waals surface area contributed by atoms with Gasteiger partial charge in [0.05, 0.1) is 11.5 Å². The molecule has 0 atom stereocenters. The quantitative estimate of drug-likeness (QED) is 0.686. The maximum absolute atomic E-state index is 12.3. The lowest BCUT2D eigenvalue weighted by molar-refractivity contribution is 0.0568. The van der Waals surface area contributed by atoms with Crippen LogP contribution in [0.5, 0.6) is 0 Å². The smallest absolute Gasteiger partial charge is 0.255 e. The number of amides is 1. The minimum Gasteiger partial charge on any atom is -0.339 e. The number of hydrogen-bond acceptors (Lipinski definition) is 6. The van der Waals surface area contributed by atoms with Crippen molar-refractivity contribution in [1.29, 1.82) is 0 Å². The molecule has 1 aliphatic rings. The van der Waals surface area contributed by atoms with Gasteiger partial charge in [0.2, 0.25) is 11.7 Å². The highest BCUT2D eigenvalue weighted by atomic mass is 79.9. The summed E-state index contributed by atoms with van der Waals surface area (Å²) in [6.45, 7) is 1.16. The van der Waals surface area contributed by atoms with Gasteiger partial charge in [0, 0.05) is 40.9 Å². The molecule has 0 aromatic carbocycles. The van der Waals surface area contributed by atoms with Gasteiger partial charge in [-0.2, -0.15) is 16.3 Å². The van der Waals surface area contributed by atoms with E-state index < -0.39 is 0 Å². The van der Waals surface area contributed by atoms with E-state index >= 15 is 0 Å². The summed E-state index contributed by atoms with van der Waals surface area (Å²) in [6.07, 6.45) is 3.22. The van der Waals surface area contributed by atoms with E-state index in [1.807, 2.05) is 16.8 Å². The van der Waals surface area contributed by atoms with Crippen molar-refractivity contribution in [3.63, 3.8) is 0 Å². The number of aromatic nitrogens is 3. The molecule has 0 radical (unpaired) electrons. The third kappa shape index (κ3) is 2.79. The zero-order chi connectivity index (χ0) is 15.8. The Kier molecular flexibility index (Phi) is 3.70. The van der Waals surface area contributed by atoms with Crippen molar-refractivity contribution in [2.24, 2.45) is 0 Å². The molecule has 3 aromatic rings. The van der Waals surface area contributed by atoms with Crippen molar-refractivity contribution in [2.45, 2.75) is 5.92 Å². The molecule has 6 nitrogen and oxygen atoms in total. The lowest BCUT2D eigenvalue weighted by atomic mass is 9.99. The standard InChI is InChI=1S/C15H11BrN4O2S/c16-12-3-10(4-17-5-12)15(21)20-6-11(7-20)14-18-13(19-22-14)9-1-2-23-8-9/h1-5,8,11H,6-7H2. The fourth-order valence-electron chi connectivity index (χ4n) is 2.42. The first-order valence-electron chi connectivity index (χ1n) is 6.97. The van der Waals surface area contributed by atoms with Gasteiger partial charge in [-0.3, -0.25) is 9.78 Å². The molecule has 0 aliphatic carbocycles. The molecular formula is C15H11BrN4O2S. The molecule has 0 unspecified atom stereocenters. The average Bonchev–Trinajstić information content (AvgIpc) is 3.16. The molecule has 0 spiro atoms. The summed E-state index contributed by atoms with van der Waals surface area (Å²) in [6, 6.07) is 3.72. The number of nitrogens with zero attached hydrogens (tertiary/aromatic N) is 4. The molecule has 0 bridgehead atoms. The maximum atomic E-state index is 12.3. The van der Waals surface area contributed by atoms with Crippen LogP contribution >= 0.6 is 27.3 Å². The highest BCUT2D eigenvalue weighted by molar-refractivity contribution is 9.10. The van der Waals surface area contributed by atoms with Crippen LogP contribution in [0, 0.1) is 0 Å². The molecule has 0 N–H and O–H groups in total. The Balaban J connectivity index is 1.43. The van der Waals surface area contributed by atoms with Gasteiger partial charge in [0.15, 0.2) is 0 Å². The van der Waals surface area contributed by atoms with E-state index in [1.54, 1.807) is 34.7 Å². The first kappa shape index (κ1) is 14.5. The normalized spacial score (nSPS) is 14.7. The Morgan fingerprint density at radius 2 is 2.26 bits per heavy atom. The average molecular weight is 391 g/mol. The van der Waals surface area contributed by atoms with Gasteiger partial charge >= 0.3 is 0 Å². The molecule has 1 aliphatic heterocycles.